The summed E-state index contributed by atoms with van der Waals surface area (Å²) in [4.78, 5) is 17.0. The van der Waals surface area contributed by atoms with E-state index >= 15 is 0 Å². The fraction of sp³-hybridized carbons (Fsp3) is 0.517. The van der Waals surface area contributed by atoms with Crippen LogP contribution in [0.4, 0.5) is 0 Å². The number of benzene rings is 2. The van der Waals surface area contributed by atoms with Crippen molar-refractivity contribution in [2.24, 2.45) is 5.73 Å². The van der Waals surface area contributed by atoms with Crippen LogP contribution in [0.2, 0.25) is 0 Å². The van der Waals surface area contributed by atoms with Crippen LogP contribution in [0.5, 0.6) is 28.7 Å². The molecule has 4 aliphatic heterocycles. The molecule has 6 atom stereocenters. The Morgan fingerprint density at radius 2 is 1.93 bits per heavy atom. The third-order valence-electron chi connectivity index (χ3n) is 9.17. The molecule has 4 heterocycles. The fourth-order valence-electron chi connectivity index (χ4n) is 7.40. The van der Waals surface area contributed by atoms with Crippen LogP contribution < -0.4 is 25.3 Å². The summed E-state index contributed by atoms with van der Waals surface area (Å²) in [5.41, 5.74) is 10.4. The van der Waals surface area contributed by atoms with Crippen molar-refractivity contribution in [2.45, 2.75) is 69.9 Å². The van der Waals surface area contributed by atoms with Crippen LogP contribution in [0.3, 0.4) is 0 Å². The summed E-state index contributed by atoms with van der Waals surface area (Å²) in [7, 11) is 3.53. The van der Waals surface area contributed by atoms with Crippen molar-refractivity contribution in [3.63, 3.8) is 0 Å². The van der Waals surface area contributed by atoms with Gasteiger partial charge in [-0.05, 0) is 51.8 Å². The Kier molecular flexibility index (Phi) is 8.17. The maximum atomic E-state index is 12.6. The quantitative estimate of drug-likeness (QED) is 0.361. The third-order valence-corrected chi connectivity index (χ3v) is 9.17. The minimum Gasteiger partial charge on any atom is -0.507 e. The van der Waals surface area contributed by atoms with Gasteiger partial charge in [0.2, 0.25) is 12.7 Å². The topological polar surface area (TPSA) is 154 Å². The molecular weight excluding hydrogens is 741 g/mol. The van der Waals surface area contributed by atoms with Gasteiger partial charge < -0.3 is 35.5 Å². The predicted molar refractivity (Wildman–Crippen MR) is 144 cm³/mol. The first-order chi connectivity index (χ1) is 19.1. The zero-order chi connectivity index (χ0) is 28.6. The molecule has 1 amide bonds. The van der Waals surface area contributed by atoms with Gasteiger partial charge in [-0.1, -0.05) is 6.07 Å². The Hall–Kier alpha value is -2.28. The number of phenolic OH excluding ortho intramolecular Hbond substituents is 2. The predicted octanol–water partition coefficient (Wildman–Crippen LogP) is 1.69. The summed E-state index contributed by atoms with van der Waals surface area (Å²) >= 11 is 0. The summed E-state index contributed by atoms with van der Waals surface area (Å²) in [6.45, 7) is 5.48. The SMILES string of the molecule is COc1c(C)cc2c(c1O)[C@@H]1C3Cc4c(O)c(C)c5c(c4[C@H](CNC(=O)[C@H](C)N)N3[C@@H](C#N)[C@H](C2)N1C)OCO5.[Ac]. The normalized spacial score (nSPS) is 26.5. The van der Waals surface area contributed by atoms with Gasteiger partial charge in [-0.15, -0.1) is 0 Å². The molecule has 6 rings (SSSR count). The van der Waals surface area contributed by atoms with Crippen LogP contribution in [-0.4, -0.2) is 77.6 Å². The van der Waals surface area contributed by atoms with E-state index in [4.69, 9.17) is 19.9 Å². The van der Waals surface area contributed by atoms with Crippen LogP contribution >= 0.6 is 0 Å². The Morgan fingerprint density at radius 3 is 2.59 bits per heavy atom. The number of hydrogen-bond donors (Lipinski definition) is 4. The van der Waals surface area contributed by atoms with E-state index in [1.807, 2.05) is 20.0 Å². The van der Waals surface area contributed by atoms with Gasteiger partial charge >= 0.3 is 0 Å². The molecular formula is C29H35AcN5O6. The van der Waals surface area contributed by atoms with E-state index in [0.29, 0.717) is 46.8 Å². The first-order valence-electron chi connectivity index (χ1n) is 13.6. The van der Waals surface area contributed by atoms with Crippen molar-refractivity contribution in [3.05, 3.63) is 39.4 Å². The number of nitrogens with two attached hydrogens (primary N) is 1. The van der Waals surface area contributed by atoms with Gasteiger partial charge in [-0.25, -0.2) is 0 Å². The van der Waals surface area contributed by atoms with Gasteiger partial charge in [-0.3, -0.25) is 14.6 Å². The number of hydrogen-bond acceptors (Lipinski definition) is 10. The van der Waals surface area contributed by atoms with Crippen molar-refractivity contribution in [3.8, 4) is 34.8 Å². The minimum absolute atomic E-state index is 0. The molecule has 2 bridgehead atoms. The van der Waals surface area contributed by atoms with Crippen LogP contribution in [0.15, 0.2) is 6.07 Å². The van der Waals surface area contributed by atoms with Crippen LogP contribution in [-0.2, 0) is 17.6 Å². The van der Waals surface area contributed by atoms with Crippen molar-refractivity contribution < 1.29 is 73.3 Å². The van der Waals surface area contributed by atoms with Crippen molar-refractivity contribution in [2.75, 3.05) is 27.5 Å². The zero-order valence-electron chi connectivity index (χ0n) is 23.9. The maximum Gasteiger partial charge on any atom is 0.236 e. The number of carbonyl (C=O) groups excluding carboxylic acids is 1. The number of aromatic hydroxyl groups is 2. The average Bonchev–Trinajstić information content (AvgIpc) is 3.41. The van der Waals surface area contributed by atoms with E-state index in [9.17, 15) is 20.3 Å². The molecule has 0 aliphatic carbocycles. The molecule has 0 aromatic heterocycles. The number of amides is 1. The fourth-order valence-corrected chi connectivity index (χ4v) is 7.40. The molecule has 41 heavy (non-hydrogen) atoms. The van der Waals surface area contributed by atoms with Gasteiger partial charge in [0, 0.05) is 84.9 Å². The molecule has 5 N–H and O–H groups in total. The number of methoxy groups -OCH3 is 1. The number of rotatable bonds is 4. The molecule has 2 aromatic rings. The summed E-state index contributed by atoms with van der Waals surface area (Å²) < 4.78 is 17.3. The third kappa shape index (κ3) is 4.39. The van der Waals surface area contributed by atoms with Crippen molar-refractivity contribution in [1.82, 2.24) is 15.1 Å². The van der Waals surface area contributed by atoms with Gasteiger partial charge in [0.15, 0.2) is 23.0 Å². The van der Waals surface area contributed by atoms with Gasteiger partial charge in [-0.2, -0.15) is 5.26 Å². The first-order valence-corrected chi connectivity index (χ1v) is 13.6. The molecule has 2 aromatic carbocycles. The molecule has 1 fully saturated rings. The number of nitriles is 1. The van der Waals surface area contributed by atoms with E-state index in [-0.39, 0.29) is 92.9 Å². The Balaban J connectivity index is 0.00000337. The Morgan fingerprint density at radius 1 is 1.22 bits per heavy atom. The number of ether oxygens (including phenoxy) is 3. The number of piperazine rings is 1. The number of fused-ring (bicyclic) bond motifs is 9. The Bertz CT molecular complexity index is 1460. The molecule has 0 spiro atoms. The average molecular weight is 777 g/mol. The number of nitrogens with zero attached hydrogens (tertiary/aromatic N) is 3. The van der Waals surface area contributed by atoms with Crippen molar-refractivity contribution in [1.29, 1.82) is 5.26 Å². The van der Waals surface area contributed by atoms with E-state index < -0.39 is 18.1 Å². The summed E-state index contributed by atoms with van der Waals surface area (Å²) in [5, 5.41) is 36.5. The molecule has 1 unspecified atom stereocenters. The molecule has 4 aliphatic rings. The van der Waals surface area contributed by atoms with E-state index in [1.54, 1.807) is 21.0 Å². The second kappa shape index (κ2) is 11.1. The zero-order valence-corrected chi connectivity index (χ0v) is 28.6. The summed E-state index contributed by atoms with van der Waals surface area (Å²) in [5.74, 6) is 1.33. The van der Waals surface area contributed by atoms with E-state index in [0.717, 1.165) is 16.7 Å². The monoisotopic (exact) mass is 776 g/mol. The summed E-state index contributed by atoms with van der Waals surface area (Å²) in [6, 6.07) is 2.02. The number of phenols is 2. The first kappa shape index (κ1) is 30.2. The smallest absolute Gasteiger partial charge is 0.236 e. The van der Waals surface area contributed by atoms with Gasteiger partial charge in [0.25, 0.3) is 0 Å². The summed E-state index contributed by atoms with van der Waals surface area (Å²) in [6.07, 6.45) is 0.955. The molecule has 1 saturated heterocycles. The molecule has 11 nitrogen and oxygen atoms in total. The molecule has 215 valence electrons. The second-order valence-corrected chi connectivity index (χ2v) is 11.3. The van der Waals surface area contributed by atoms with Crippen LogP contribution in [0.25, 0.3) is 0 Å². The van der Waals surface area contributed by atoms with E-state index in [2.05, 4.69) is 21.2 Å². The van der Waals surface area contributed by atoms with Crippen LogP contribution in [0.1, 0.15) is 52.4 Å². The number of likely N-dealkylation sites (N-methyl/N-ethyl adjacent to an activating group) is 1. The van der Waals surface area contributed by atoms with Gasteiger partial charge in [0.1, 0.15) is 11.8 Å². The molecule has 1 radical (unpaired) electrons. The largest absolute Gasteiger partial charge is 0.507 e. The van der Waals surface area contributed by atoms with Crippen molar-refractivity contribution >= 4 is 5.91 Å². The maximum absolute atomic E-state index is 12.6. The van der Waals surface area contributed by atoms with E-state index in [1.165, 1.54) is 0 Å². The molecule has 0 saturated carbocycles. The number of aryl methyl sites for hydroxylation is 1. The van der Waals surface area contributed by atoms with Gasteiger partial charge in [0.05, 0.1) is 31.3 Å². The Labute approximate surface area is 275 Å². The second-order valence-electron chi connectivity index (χ2n) is 11.3. The molecule has 12 heteroatoms. The minimum atomic E-state index is -0.714. The van der Waals surface area contributed by atoms with Crippen LogP contribution in [0, 0.1) is 69.2 Å². The number of nitrogens with one attached hydrogen (secondary N) is 1. The standard InChI is InChI=1S/C29H35N5O6.Ac/c1-12-6-15-7-17-19(9-30)34-18(23(33(17)4)21(15)25(36)26(12)38-5)8-16-22(20(34)10-32-29(37)14(3)31)28-27(39-11-40-28)13(2)24(16)35;/h6,14,17-20,23,35-36H,7-8,10-11,31H2,1-5H3,(H,32,37);/t14-,17-,18?,19-,20-,23-;/m0./s1. The number of carbonyl (C=O) groups is 1.